The largest absolute Gasteiger partial charge is 0.497 e. The number of nitrogens with two attached hydrogens (primary N) is 1. The van der Waals surface area contributed by atoms with Crippen molar-refractivity contribution in [2.75, 3.05) is 27.8 Å². The molecule has 4 amide bonds. The molecule has 1 aromatic heterocycles. The second-order valence-electron chi connectivity index (χ2n) is 7.32. The highest BCUT2D eigenvalue weighted by atomic mass is 16.5. The number of imidazole rings is 1. The van der Waals surface area contributed by atoms with Crippen LogP contribution in [0.2, 0.25) is 0 Å². The molecule has 0 bridgehead atoms. The highest BCUT2D eigenvalue weighted by molar-refractivity contribution is 6.19. The predicted octanol–water partition coefficient (Wildman–Crippen LogP) is 0.363. The standard InChI is InChI=1S/C20H22N6O5/c1-10-11(2)26-16-17(23(3)20(29)24(18(16)28)9-15(21)27)22-19(26)25(10)13-7-6-12(30-4)8-14(13)31-5/h6-8,16H,9H2,1-5H3,(H-,21,27)/p+1. The van der Waals surface area contributed by atoms with Gasteiger partial charge in [-0.1, -0.05) is 4.99 Å². The molecule has 1 aromatic carbocycles. The number of hydrogen-bond acceptors (Lipinski definition) is 6. The Labute approximate surface area is 178 Å². The van der Waals surface area contributed by atoms with Crippen molar-refractivity contribution >= 4 is 29.6 Å². The molecule has 11 heteroatoms. The van der Waals surface area contributed by atoms with E-state index in [0.29, 0.717) is 23.1 Å². The molecular formula is C20H23N6O5+. The van der Waals surface area contributed by atoms with Gasteiger partial charge in [-0.15, -0.1) is 0 Å². The van der Waals surface area contributed by atoms with Crippen molar-refractivity contribution < 1.29 is 28.4 Å². The monoisotopic (exact) mass is 427 g/mol. The quantitative estimate of drug-likeness (QED) is 0.691. The van der Waals surface area contributed by atoms with E-state index in [1.165, 1.54) is 11.9 Å². The van der Waals surface area contributed by atoms with Crippen molar-refractivity contribution in [3.05, 3.63) is 29.6 Å². The molecule has 2 N–H and O–H groups in total. The van der Waals surface area contributed by atoms with Gasteiger partial charge in [-0.25, -0.2) is 9.36 Å². The van der Waals surface area contributed by atoms with Crippen molar-refractivity contribution in [2.45, 2.75) is 19.9 Å². The molecule has 1 saturated heterocycles. The normalized spacial score (nSPS) is 17.5. The van der Waals surface area contributed by atoms with Gasteiger partial charge >= 0.3 is 12.0 Å². The molecular weight excluding hydrogens is 404 g/mol. The van der Waals surface area contributed by atoms with Crippen molar-refractivity contribution in [1.29, 1.82) is 0 Å². The lowest BCUT2D eigenvalue weighted by molar-refractivity contribution is -0.682. The van der Waals surface area contributed by atoms with E-state index < -0.39 is 30.4 Å². The lowest BCUT2D eigenvalue weighted by Gasteiger charge is -2.32. The van der Waals surface area contributed by atoms with Crippen LogP contribution < -0.4 is 19.8 Å². The Bertz CT molecular complexity index is 1170. The van der Waals surface area contributed by atoms with E-state index in [0.717, 1.165) is 16.3 Å². The summed E-state index contributed by atoms with van der Waals surface area (Å²) in [7, 11) is 4.64. The van der Waals surface area contributed by atoms with Gasteiger partial charge in [-0.05, 0) is 26.0 Å². The smallest absolute Gasteiger partial charge is 0.407 e. The lowest BCUT2D eigenvalue weighted by atomic mass is 10.1. The molecule has 0 aliphatic carbocycles. The number of carbonyl (C=O) groups excluding carboxylic acids is 3. The molecule has 0 spiro atoms. The van der Waals surface area contributed by atoms with Crippen molar-refractivity contribution in [1.82, 2.24) is 14.4 Å². The number of hydrogen-bond donors (Lipinski definition) is 1. The molecule has 3 heterocycles. The third-order valence-electron chi connectivity index (χ3n) is 5.66. The summed E-state index contributed by atoms with van der Waals surface area (Å²) in [5.41, 5.74) is 7.58. The molecule has 1 atom stereocenters. The molecule has 2 aliphatic rings. The first-order chi connectivity index (χ1) is 14.7. The molecule has 162 valence electrons. The summed E-state index contributed by atoms with van der Waals surface area (Å²) < 4.78 is 14.5. The highest BCUT2D eigenvalue weighted by Gasteiger charge is 2.54. The van der Waals surface area contributed by atoms with E-state index in [1.807, 2.05) is 24.5 Å². The van der Waals surface area contributed by atoms with Gasteiger partial charge < -0.3 is 15.2 Å². The number of benzene rings is 1. The van der Waals surface area contributed by atoms with Gasteiger partial charge in [0.2, 0.25) is 17.8 Å². The van der Waals surface area contributed by atoms with Crippen LogP contribution in [0.15, 0.2) is 23.2 Å². The van der Waals surface area contributed by atoms with Crippen molar-refractivity contribution in [2.24, 2.45) is 10.7 Å². The van der Waals surface area contributed by atoms with Crippen molar-refractivity contribution in [3.63, 3.8) is 0 Å². The molecule has 31 heavy (non-hydrogen) atoms. The van der Waals surface area contributed by atoms with Gasteiger partial charge in [0.25, 0.3) is 5.91 Å². The number of fused-ring (bicyclic) bond motifs is 3. The van der Waals surface area contributed by atoms with Crippen molar-refractivity contribution in [3.8, 4) is 17.2 Å². The predicted molar refractivity (Wildman–Crippen MR) is 109 cm³/mol. The summed E-state index contributed by atoms with van der Waals surface area (Å²) in [6, 6.07) is 3.87. The Hall–Kier alpha value is -3.89. The van der Waals surface area contributed by atoms with Crippen LogP contribution in [0.25, 0.3) is 5.69 Å². The summed E-state index contributed by atoms with van der Waals surface area (Å²) in [6.45, 7) is 3.28. The molecule has 1 unspecified atom stereocenters. The fraction of sp³-hybridized carbons (Fsp3) is 0.350. The van der Waals surface area contributed by atoms with Crippen LogP contribution in [0.4, 0.5) is 10.7 Å². The fourth-order valence-electron chi connectivity index (χ4n) is 4.00. The molecule has 0 saturated carbocycles. The van der Waals surface area contributed by atoms with Crippen LogP contribution in [0, 0.1) is 13.8 Å². The van der Waals surface area contributed by atoms with E-state index in [1.54, 1.807) is 30.9 Å². The number of aliphatic imine (C=N–C) groups is 1. The number of likely N-dealkylation sites (N-methyl/N-ethyl adjacent to an activating group) is 1. The average Bonchev–Trinajstić information content (AvgIpc) is 3.24. The molecule has 1 fully saturated rings. The fourth-order valence-corrected chi connectivity index (χ4v) is 4.00. The maximum Gasteiger partial charge on any atom is 0.407 e. The Kier molecular flexibility index (Phi) is 4.68. The van der Waals surface area contributed by atoms with Crippen LogP contribution in [-0.2, 0) is 9.59 Å². The minimum absolute atomic E-state index is 0.287. The first-order valence-electron chi connectivity index (χ1n) is 9.53. The zero-order valence-electron chi connectivity index (χ0n) is 17.9. The number of amidine groups is 1. The Morgan fingerprint density at radius 2 is 1.94 bits per heavy atom. The summed E-state index contributed by atoms with van der Waals surface area (Å²) in [5, 5.41) is 0. The van der Waals surface area contributed by atoms with E-state index >= 15 is 0 Å². The maximum atomic E-state index is 13.2. The summed E-state index contributed by atoms with van der Waals surface area (Å²) in [6.07, 6.45) is 0. The minimum Gasteiger partial charge on any atom is -0.497 e. The number of ether oxygens (including phenoxy) is 2. The summed E-state index contributed by atoms with van der Waals surface area (Å²) in [5.74, 6) is 0.622. The number of primary amides is 1. The van der Waals surface area contributed by atoms with E-state index in [4.69, 9.17) is 15.2 Å². The highest BCUT2D eigenvalue weighted by Crippen LogP contribution is 2.36. The SMILES string of the molecule is COc1ccc(-n2c(C)c(C)[n+]3c2N=C2C3C(=O)N(CC(N)=O)C(=O)N2C)c(OC)c1. The van der Waals surface area contributed by atoms with Gasteiger partial charge in [-0.3, -0.25) is 19.4 Å². The molecule has 11 nitrogen and oxygen atoms in total. The number of rotatable bonds is 5. The number of aromatic nitrogens is 2. The molecule has 2 aromatic rings. The second-order valence-corrected chi connectivity index (χ2v) is 7.32. The number of methoxy groups -OCH3 is 2. The number of amides is 4. The Morgan fingerprint density at radius 3 is 2.55 bits per heavy atom. The third kappa shape index (κ3) is 2.84. The number of carbonyl (C=O) groups is 3. The topological polar surface area (TPSA) is 123 Å². The van der Waals surface area contributed by atoms with Crippen LogP contribution in [0.1, 0.15) is 17.4 Å². The third-order valence-corrected chi connectivity index (χ3v) is 5.66. The van der Waals surface area contributed by atoms with Crippen LogP contribution in [-0.4, -0.2) is 65.9 Å². The first kappa shape index (κ1) is 20.4. The van der Waals surface area contributed by atoms with Crippen LogP contribution in [0.5, 0.6) is 11.5 Å². The Morgan fingerprint density at radius 1 is 1.23 bits per heavy atom. The lowest BCUT2D eigenvalue weighted by Crippen LogP contribution is -2.64. The number of nitrogens with zero attached hydrogens (tertiary/aromatic N) is 5. The number of urea groups is 1. The molecule has 4 rings (SSSR count). The zero-order chi connectivity index (χ0) is 22.6. The molecule has 2 aliphatic heterocycles. The van der Waals surface area contributed by atoms with Gasteiger partial charge in [0.1, 0.15) is 29.4 Å². The number of imide groups is 1. The van der Waals surface area contributed by atoms with E-state index in [2.05, 4.69) is 4.99 Å². The van der Waals surface area contributed by atoms with Gasteiger partial charge in [-0.2, -0.15) is 4.57 Å². The maximum absolute atomic E-state index is 13.2. The van der Waals surface area contributed by atoms with Gasteiger partial charge in [0.15, 0.2) is 5.75 Å². The second kappa shape index (κ2) is 7.11. The first-order valence-corrected chi connectivity index (χ1v) is 9.53. The summed E-state index contributed by atoms with van der Waals surface area (Å²) in [4.78, 5) is 44.0. The van der Waals surface area contributed by atoms with Gasteiger partial charge in [0, 0.05) is 13.1 Å². The van der Waals surface area contributed by atoms with E-state index in [9.17, 15) is 14.4 Å². The zero-order valence-corrected chi connectivity index (χ0v) is 17.9. The van der Waals surface area contributed by atoms with Gasteiger partial charge in [0.05, 0.1) is 14.2 Å². The minimum atomic E-state index is -0.874. The van der Waals surface area contributed by atoms with E-state index in [-0.39, 0.29) is 5.84 Å². The van der Waals surface area contributed by atoms with Crippen LogP contribution >= 0.6 is 0 Å². The van der Waals surface area contributed by atoms with Crippen LogP contribution in [0.3, 0.4) is 0 Å². The Balaban J connectivity index is 1.91. The summed E-state index contributed by atoms with van der Waals surface area (Å²) >= 11 is 0. The average molecular weight is 427 g/mol. The molecule has 0 radical (unpaired) electrons.